The van der Waals surface area contributed by atoms with E-state index in [1.807, 2.05) is 12.1 Å². The van der Waals surface area contributed by atoms with E-state index < -0.39 is 0 Å². The third-order valence-corrected chi connectivity index (χ3v) is 4.25. The summed E-state index contributed by atoms with van der Waals surface area (Å²) in [6.45, 7) is 2.80. The predicted octanol–water partition coefficient (Wildman–Crippen LogP) is 5.20. The Bertz CT molecular complexity index is 555. The van der Waals surface area contributed by atoms with Crippen molar-refractivity contribution in [3.8, 4) is 0 Å². The van der Waals surface area contributed by atoms with Gasteiger partial charge in [0.05, 0.1) is 0 Å². The van der Waals surface area contributed by atoms with Crippen molar-refractivity contribution >= 4 is 31.9 Å². The van der Waals surface area contributed by atoms with Gasteiger partial charge in [-0.2, -0.15) is 0 Å². The van der Waals surface area contributed by atoms with E-state index in [4.69, 9.17) is 0 Å². The standard InChI is InChI=1S/C15H14Br2FN/c1-10(11-2-5-13(16)6-3-11)19-9-12-4-7-14(18)8-15(12)17/h2-8,10,19H,9H2,1H3/t10-/m0/s1. The SMILES string of the molecule is C[C@H](NCc1ccc(F)cc1Br)c1ccc(Br)cc1. The van der Waals surface area contributed by atoms with Gasteiger partial charge < -0.3 is 5.32 Å². The van der Waals surface area contributed by atoms with Gasteiger partial charge in [-0.1, -0.05) is 50.1 Å². The molecule has 1 N–H and O–H groups in total. The first-order valence-electron chi connectivity index (χ1n) is 5.99. The molecule has 2 aromatic rings. The fourth-order valence-electron chi connectivity index (χ4n) is 1.80. The average molecular weight is 387 g/mol. The van der Waals surface area contributed by atoms with Crippen molar-refractivity contribution in [3.63, 3.8) is 0 Å². The number of benzene rings is 2. The Morgan fingerprint density at radius 2 is 1.79 bits per heavy atom. The van der Waals surface area contributed by atoms with Crippen LogP contribution in [-0.2, 0) is 6.54 Å². The molecule has 2 rings (SSSR count). The molecular formula is C15H14Br2FN. The highest BCUT2D eigenvalue weighted by Crippen LogP contribution is 2.20. The first kappa shape index (κ1) is 14.7. The summed E-state index contributed by atoms with van der Waals surface area (Å²) in [6.07, 6.45) is 0. The largest absolute Gasteiger partial charge is 0.306 e. The maximum atomic E-state index is 13.0. The minimum Gasteiger partial charge on any atom is -0.306 e. The van der Waals surface area contributed by atoms with Crippen molar-refractivity contribution in [3.05, 3.63) is 68.4 Å². The fraction of sp³-hybridized carbons (Fsp3) is 0.200. The summed E-state index contributed by atoms with van der Waals surface area (Å²) in [6, 6.07) is 13.2. The van der Waals surface area contributed by atoms with Gasteiger partial charge in [-0.3, -0.25) is 0 Å². The average Bonchev–Trinajstić information content (AvgIpc) is 2.38. The topological polar surface area (TPSA) is 12.0 Å². The monoisotopic (exact) mass is 385 g/mol. The van der Waals surface area contributed by atoms with E-state index in [-0.39, 0.29) is 11.9 Å². The lowest BCUT2D eigenvalue weighted by Crippen LogP contribution is -2.18. The molecule has 1 atom stereocenters. The molecule has 4 heteroatoms. The summed E-state index contributed by atoms with van der Waals surface area (Å²) in [5.74, 6) is -0.225. The van der Waals surface area contributed by atoms with Crippen molar-refractivity contribution in [2.24, 2.45) is 0 Å². The van der Waals surface area contributed by atoms with Gasteiger partial charge in [-0.15, -0.1) is 0 Å². The number of halogens is 3. The quantitative estimate of drug-likeness (QED) is 0.761. The fourth-order valence-corrected chi connectivity index (χ4v) is 2.55. The van der Waals surface area contributed by atoms with E-state index in [9.17, 15) is 4.39 Å². The van der Waals surface area contributed by atoms with Gasteiger partial charge in [0.1, 0.15) is 5.82 Å². The van der Waals surface area contributed by atoms with Crippen LogP contribution in [0.3, 0.4) is 0 Å². The lowest BCUT2D eigenvalue weighted by molar-refractivity contribution is 0.571. The Hall–Kier alpha value is -0.710. The molecule has 0 bridgehead atoms. The summed E-state index contributed by atoms with van der Waals surface area (Å²) in [5.41, 5.74) is 2.27. The zero-order valence-electron chi connectivity index (χ0n) is 10.5. The lowest BCUT2D eigenvalue weighted by atomic mass is 10.1. The molecule has 2 aromatic carbocycles. The first-order valence-corrected chi connectivity index (χ1v) is 7.57. The molecule has 0 unspecified atom stereocenters. The molecule has 0 fully saturated rings. The second-order valence-electron chi connectivity index (χ2n) is 4.39. The summed E-state index contributed by atoms with van der Waals surface area (Å²) in [7, 11) is 0. The van der Waals surface area contributed by atoms with Crippen molar-refractivity contribution in [1.82, 2.24) is 5.32 Å². The van der Waals surface area contributed by atoms with Gasteiger partial charge in [0, 0.05) is 21.5 Å². The Kier molecular flexibility index (Phi) is 5.13. The molecule has 0 aromatic heterocycles. The van der Waals surface area contributed by atoms with Crippen LogP contribution in [0.2, 0.25) is 0 Å². The number of nitrogens with one attached hydrogen (secondary N) is 1. The number of hydrogen-bond donors (Lipinski definition) is 1. The zero-order valence-corrected chi connectivity index (χ0v) is 13.6. The highest BCUT2D eigenvalue weighted by Gasteiger charge is 2.06. The Labute approximate surface area is 129 Å². The van der Waals surface area contributed by atoms with Crippen LogP contribution in [0.25, 0.3) is 0 Å². The smallest absolute Gasteiger partial charge is 0.124 e. The van der Waals surface area contributed by atoms with Crippen LogP contribution in [-0.4, -0.2) is 0 Å². The summed E-state index contributed by atoms with van der Waals surface area (Å²) in [5, 5.41) is 3.43. The molecule has 0 amide bonds. The van der Waals surface area contributed by atoms with Crippen LogP contribution in [0.1, 0.15) is 24.1 Å². The first-order chi connectivity index (χ1) is 9.06. The third-order valence-electron chi connectivity index (χ3n) is 2.98. The van der Waals surface area contributed by atoms with Crippen LogP contribution in [0.5, 0.6) is 0 Å². The van der Waals surface area contributed by atoms with Crippen molar-refractivity contribution < 1.29 is 4.39 Å². The summed E-state index contributed by atoms with van der Waals surface area (Å²) in [4.78, 5) is 0. The van der Waals surface area contributed by atoms with Gasteiger partial charge in [0.2, 0.25) is 0 Å². The molecule has 0 radical (unpaired) electrons. The van der Waals surface area contributed by atoms with Gasteiger partial charge >= 0.3 is 0 Å². The Morgan fingerprint density at radius 3 is 2.42 bits per heavy atom. The molecule has 0 aliphatic rings. The van der Waals surface area contributed by atoms with Gasteiger partial charge in [-0.25, -0.2) is 4.39 Å². The van der Waals surface area contributed by atoms with Gasteiger partial charge in [0.15, 0.2) is 0 Å². The summed E-state index contributed by atoms with van der Waals surface area (Å²) < 4.78 is 14.9. The maximum absolute atomic E-state index is 13.0. The molecule has 1 nitrogen and oxygen atoms in total. The van der Waals surface area contributed by atoms with Crippen LogP contribution < -0.4 is 5.32 Å². The predicted molar refractivity (Wildman–Crippen MR) is 83.5 cm³/mol. The zero-order chi connectivity index (χ0) is 13.8. The van der Waals surface area contributed by atoms with Gasteiger partial charge in [-0.05, 0) is 42.3 Å². The van der Waals surface area contributed by atoms with Crippen molar-refractivity contribution in [1.29, 1.82) is 0 Å². The number of rotatable bonds is 4. The lowest BCUT2D eigenvalue weighted by Gasteiger charge is -2.15. The van der Waals surface area contributed by atoms with Crippen LogP contribution in [0.4, 0.5) is 4.39 Å². The third kappa shape index (κ3) is 4.13. The van der Waals surface area contributed by atoms with Crippen LogP contribution >= 0.6 is 31.9 Å². The second kappa shape index (κ2) is 6.64. The van der Waals surface area contributed by atoms with E-state index in [0.29, 0.717) is 6.54 Å². The van der Waals surface area contributed by atoms with Gasteiger partial charge in [0.25, 0.3) is 0 Å². The summed E-state index contributed by atoms with van der Waals surface area (Å²) >= 11 is 6.80. The Morgan fingerprint density at radius 1 is 1.11 bits per heavy atom. The Balaban J connectivity index is 2.00. The minimum absolute atomic E-state index is 0.225. The highest BCUT2D eigenvalue weighted by atomic mass is 79.9. The van der Waals surface area contributed by atoms with E-state index in [1.165, 1.54) is 17.7 Å². The van der Waals surface area contributed by atoms with Crippen LogP contribution in [0, 0.1) is 5.82 Å². The molecule has 0 heterocycles. The molecule has 0 spiro atoms. The van der Waals surface area contributed by atoms with Crippen molar-refractivity contribution in [2.75, 3.05) is 0 Å². The molecule has 19 heavy (non-hydrogen) atoms. The molecule has 0 saturated carbocycles. The van der Waals surface area contributed by atoms with E-state index >= 15 is 0 Å². The van der Waals surface area contributed by atoms with Crippen molar-refractivity contribution in [2.45, 2.75) is 19.5 Å². The normalized spacial score (nSPS) is 12.4. The molecule has 100 valence electrons. The van der Waals surface area contributed by atoms with E-state index in [0.717, 1.165) is 14.5 Å². The minimum atomic E-state index is -0.225. The second-order valence-corrected chi connectivity index (χ2v) is 6.16. The van der Waals surface area contributed by atoms with E-state index in [2.05, 4.69) is 56.2 Å². The molecular weight excluding hydrogens is 373 g/mol. The highest BCUT2D eigenvalue weighted by molar-refractivity contribution is 9.10. The molecule has 0 aliphatic heterocycles. The molecule has 0 saturated heterocycles. The van der Waals surface area contributed by atoms with Crippen LogP contribution in [0.15, 0.2) is 51.4 Å². The number of hydrogen-bond acceptors (Lipinski definition) is 1. The van der Waals surface area contributed by atoms with E-state index in [1.54, 1.807) is 6.07 Å². The molecule has 0 aliphatic carbocycles. The maximum Gasteiger partial charge on any atom is 0.124 e.